The molecule has 0 aliphatic heterocycles. The van der Waals surface area contributed by atoms with Crippen LogP contribution in [0.1, 0.15) is 10.4 Å². The van der Waals surface area contributed by atoms with Gasteiger partial charge in [-0.05, 0) is 12.1 Å². The molecule has 0 unspecified atom stereocenters. The zero-order chi connectivity index (χ0) is 11.4. The minimum Gasteiger partial charge on any atom is -0.496 e. The average Bonchev–Trinajstić information content (AvgIpc) is 2.15. The van der Waals surface area contributed by atoms with Crippen LogP contribution in [0, 0.1) is 0 Å². The standard InChI is InChI=1S/C9H9F2NO3/c1-14-6-4-2-3-5(12)7(6)8(13)15-9(10)11/h2-4,9H,12H2,1H3. The van der Waals surface area contributed by atoms with Crippen LogP contribution < -0.4 is 10.5 Å². The largest absolute Gasteiger partial charge is 0.496 e. The average molecular weight is 217 g/mol. The monoisotopic (exact) mass is 217 g/mol. The molecule has 0 spiro atoms. The molecule has 15 heavy (non-hydrogen) atoms. The second kappa shape index (κ2) is 4.59. The highest BCUT2D eigenvalue weighted by atomic mass is 19.3. The Kier molecular flexibility index (Phi) is 3.43. The number of anilines is 1. The van der Waals surface area contributed by atoms with Gasteiger partial charge in [-0.15, -0.1) is 0 Å². The Bertz CT molecular complexity index is 368. The molecular formula is C9H9F2NO3. The molecule has 0 fully saturated rings. The minimum absolute atomic E-state index is 0.0278. The first-order chi connectivity index (χ1) is 7.06. The minimum atomic E-state index is -3.18. The Morgan fingerprint density at radius 2 is 2.13 bits per heavy atom. The lowest BCUT2D eigenvalue weighted by molar-refractivity contribution is -0.0906. The normalized spacial score (nSPS) is 10.1. The van der Waals surface area contributed by atoms with Gasteiger partial charge < -0.3 is 15.2 Å². The lowest BCUT2D eigenvalue weighted by atomic mass is 10.1. The van der Waals surface area contributed by atoms with Crippen molar-refractivity contribution in [3.8, 4) is 5.75 Å². The Hall–Kier alpha value is -1.85. The highest BCUT2D eigenvalue weighted by molar-refractivity contribution is 5.98. The van der Waals surface area contributed by atoms with Crippen LogP contribution in [0.4, 0.5) is 14.5 Å². The molecule has 82 valence electrons. The van der Waals surface area contributed by atoms with Crippen LogP contribution in [0.5, 0.6) is 5.75 Å². The smallest absolute Gasteiger partial charge is 0.389 e. The lowest BCUT2D eigenvalue weighted by Crippen LogP contribution is -2.13. The van der Waals surface area contributed by atoms with Crippen LogP contribution in [0.25, 0.3) is 0 Å². The van der Waals surface area contributed by atoms with E-state index in [0.29, 0.717) is 0 Å². The van der Waals surface area contributed by atoms with Gasteiger partial charge in [-0.25, -0.2) is 4.79 Å². The summed E-state index contributed by atoms with van der Waals surface area (Å²) < 4.78 is 32.2. The van der Waals surface area contributed by atoms with Crippen LogP contribution in [0.15, 0.2) is 18.2 Å². The van der Waals surface area contributed by atoms with Crippen molar-refractivity contribution in [2.45, 2.75) is 6.61 Å². The number of ether oxygens (including phenoxy) is 2. The Morgan fingerprint density at radius 3 is 2.67 bits per heavy atom. The number of nitrogens with two attached hydrogens (primary N) is 1. The van der Waals surface area contributed by atoms with Crippen LogP contribution >= 0.6 is 0 Å². The molecule has 1 rings (SSSR count). The molecule has 0 atom stereocenters. The number of alkyl halides is 2. The van der Waals surface area contributed by atoms with Gasteiger partial charge in [0.05, 0.1) is 7.11 Å². The van der Waals surface area contributed by atoms with Gasteiger partial charge in [-0.2, -0.15) is 8.78 Å². The SMILES string of the molecule is COc1cccc(N)c1C(=O)OC(F)F. The molecule has 1 aromatic carbocycles. The van der Waals surface area contributed by atoms with Gasteiger partial charge in [0.15, 0.2) is 0 Å². The molecule has 0 heterocycles. The van der Waals surface area contributed by atoms with Crippen LogP contribution in [0.3, 0.4) is 0 Å². The van der Waals surface area contributed by atoms with Gasteiger partial charge in [0.2, 0.25) is 0 Å². The third-order valence-electron chi connectivity index (χ3n) is 1.68. The van der Waals surface area contributed by atoms with E-state index < -0.39 is 12.6 Å². The molecule has 0 radical (unpaired) electrons. The number of methoxy groups -OCH3 is 1. The van der Waals surface area contributed by atoms with Crippen LogP contribution in [-0.2, 0) is 4.74 Å². The quantitative estimate of drug-likeness (QED) is 0.617. The van der Waals surface area contributed by atoms with Crippen molar-refractivity contribution < 1.29 is 23.0 Å². The fourth-order valence-electron chi connectivity index (χ4n) is 1.08. The van der Waals surface area contributed by atoms with E-state index in [0.717, 1.165) is 0 Å². The number of carbonyl (C=O) groups is 1. The number of hydrogen-bond acceptors (Lipinski definition) is 4. The van der Waals surface area contributed by atoms with E-state index in [-0.39, 0.29) is 17.0 Å². The van der Waals surface area contributed by atoms with Gasteiger partial charge in [0.25, 0.3) is 0 Å². The summed E-state index contributed by atoms with van der Waals surface area (Å²) >= 11 is 0. The van der Waals surface area contributed by atoms with E-state index in [1.807, 2.05) is 0 Å². The third kappa shape index (κ3) is 2.55. The van der Waals surface area contributed by atoms with E-state index >= 15 is 0 Å². The maximum atomic E-state index is 11.8. The molecule has 0 bridgehead atoms. The summed E-state index contributed by atoms with van der Waals surface area (Å²) in [7, 11) is 1.30. The van der Waals surface area contributed by atoms with E-state index in [1.165, 1.54) is 25.3 Å². The molecule has 0 aliphatic carbocycles. The van der Waals surface area contributed by atoms with E-state index in [9.17, 15) is 13.6 Å². The Morgan fingerprint density at radius 1 is 1.47 bits per heavy atom. The summed E-state index contributed by atoms with van der Waals surface area (Å²) in [5.74, 6) is -1.11. The highest BCUT2D eigenvalue weighted by Crippen LogP contribution is 2.25. The fourth-order valence-corrected chi connectivity index (χ4v) is 1.08. The summed E-state index contributed by atoms with van der Waals surface area (Å²) in [5.41, 5.74) is 5.28. The first kappa shape index (κ1) is 11.2. The van der Waals surface area contributed by atoms with Gasteiger partial charge in [-0.1, -0.05) is 6.07 Å². The molecule has 6 heteroatoms. The number of rotatable bonds is 3. The van der Waals surface area contributed by atoms with Gasteiger partial charge in [0.1, 0.15) is 11.3 Å². The molecule has 0 aliphatic rings. The molecule has 2 N–H and O–H groups in total. The van der Waals surface area contributed by atoms with Crippen molar-refractivity contribution in [1.82, 2.24) is 0 Å². The molecule has 4 nitrogen and oxygen atoms in total. The summed E-state index contributed by atoms with van der Waals surface area (Å²) in [6.45, 7) is -3.18. The Balaban J connectivity index is 3.06. The molecule has 0 amide bonds. The van der Waals surface area contributed by atoms with Crippen LogP contribution in [-0.4, -0.2) is 19.7 Å². The number of hydrogen-bond donors (Lipinski definition) is 1. The van der Waals surface area contributed by atoms with Crippen molar-refractivity contribution in [2.75, 3.05) is 12.8 Å². The van der Waals surface area contributed by atoms with Crippen LogP contribution in [0.2, 0.25) is 0 Å². The molecule has 1 aromatic rings. The topological polar surface area (TPSA) is 61.5 Å². The molecule has 0 aromatic heterocycles. The number of nitrogen functional groups attached to an aromatic ring is 1. The summed E-state index contributed by atoms with van der Waals surface area (Å²) in [6, 6.07) is 4.36. The summed E-state index contributed by atoms with van der Waals surface area (Å²) in [4.78, 5) is 11.2. The van der Waals surface area contributed by atoms with Gasteiger partial charge in [0, 0.05) is 5.69 Å². The molecular weight excluding hydrogens is 208 g/mol. The van der Waals surface area contributed by atoms with Crippen molar-refractivity contribution in [2.24, 2.45) is 0 Å². The first-order valence-electron chi connectivity index (χ1n) is 3.98. The predicted octanol–water partition coefficient (Wildman–Crippen LogP) is 1.66. The zero-order valence-electron chi connectivity index (χ0n) is 7.87. The van der Waals surface area contributed by atoms with E-state index in [1.54, 1.807) is 0 Å². The number of benzene rings is 1. The van der Waals surface area contributed by atoms with Crippen molar-refractivity contribution in [3.63, 3.8) is 0 Å². The first-order valence-corrected chi connectivity index (χ1v) is 3.98. The number of carbonyl (C=O) groups excluding carboxylic acids is 1. The van der Waals surface area contributed by atoms with Crippen molar-refractivity contribution >= 4 is 11.7 Å². The second-order valence-electron chi connectivity index (χ2n) is 2.59. The van der Waals surface area contributed by atoms with E-state index in [2.05, 4.69) is 4.74 Å². The number of halogens is 2. The predicted molar refractivity (Wildman–Crippen MR) is 48.8 cm³/mol. The second-order valence-corrected chi connectivity index (χ2v) is 2.59. The fraction of sp³-hybridized carbons (Fsp3) is 0.222. The van der Waals surface area contributed by atoms with Crippen molar-refractivity contribution in [3.05, 3.63) is 23.8 Å². The van der Waals surface area contributed by atoms with Gasteiger partial charge in [-0.3, -0.25) is 0 Å². The van der Waals surface area contributed by atoms with Gasteiger partial charge >= 0.3 is 12.6 Å². The molecule has 0 saturated heterocycles. The third-order valence-corrected chi connectivity index (χ3v) is 1.68. The summed E-state index contributed by atoms with van der Waals surface area (Å²) in [6.07, 6.45) is 0. The highest BCUT2D eigenvalue weighted by Gasteiger charge is 2.20. The molecule has 0 saturated carbocycles. The Labute approximate surface area is 84.6 Å². The van der Waals surface area contributed by atoms with Crippen molar-refractivity contribution in [1.29, 1.82) is 0 Å². The maximum Gasteiger partial charge on any atom is 0.389 e. The maximum absolute atomic E-state index is 11.8. The zero-order valence-corrected chi connectivity index (χ0v) is 7.87. The van der Waals surface area contributed by atoms with E-state index in [4.69, 9.17) is 10.5 Å². The number of esters is 1. The summed E-state index contributed by atoms with van der Waals surface area (Å²) in [5, 5.41) is 0. The lowest BCUT2D eigenvalue weighted by Gasteiger charge is -2.09.